The molecule has 1 saturated heterocycles. The summed E-state index contributed by atoms with van der Waals surface area (Å²) in [4.78, 5) is 10.9. The summed E-state index contributed by atoms with van der Waals surface area (Å²) in [5.74, 6) is -0.291. The molecular formula is C7H12FNO2. The number of carbonyl (C=O) groups is 1. The summed E-state index contributed by atoms with van der Waals surface area (Å²) in [6, 6.07) is -0.445. The average Bonchev–Trinajstić information content (AvgIpc) is 2.50. The molecule has 0 aromatic carbocycles. The van der Waals surface area contributed by atoms with Gasteiger partial charge in [-0.3, -0.25) is 10.1 Å². The summed E-state index contributed by atoms with van der Waals surface area (Å²) in [7, 11) is 1.34. The molecule has 1 fully saturated rings. The maximum absolute atomic E-state index is 12.0. The third kappa shape index (κ3) is 1.89. The highest BCUT2D eigenvalue weighted by atomic mass is 19.1. The fourth-order valence-corrected chi connectivity index (χ4v) is 1.27. The Hall–Kier alpha value is -0.640. The molecule has 0 aromatic heterocycles. The molecule has 2 unspecified atom stereocenters. The van der Waals surface area contributed by atoms with Crippen molar-refractivity contribution in [3.63, 3.8) is 0 Å². The van der Waals surface area contributed by atoms with E-state index >= 15 is 0 Å². The average molecular weight is 161 g/mol. The van der Waals surface area contributed by atoms with Crippen molar-refractivity contribution in [3.05, 3.63) is 0 Å². The topological polar surface area (TPSA) is 38.3 Å². The van der Waals surface area contributed by atoms with Crippen molar-refractivity contribution in [2.24, 2.45) is 0 Å². The number of methoxy groups -OCH3 is 1. The first-order valence-corrected chi connectivity index (χ1v) is 3.67. The van der Waals surface area contributed by atoms with E-state index in [2.05, 4.69) is 10.1 Å². The van der Waals surface area contributed by atoms with Gasteiger partial charge in [-0.25, -0.2) is 4.39 Å². The molecule has 1 heterocycles. The van der Waals surface area contributed by atoms with E-state index in [0.29, 0.717) is 6.42 Å². The van der Waals surface area contributed by atoms with Gasteiger partial charge in [-0.15, -0.1) is 0 Å². The molecule has 4 heteroatoms. The number of hydrogen-bond donors (Lipinski definition) is 1. The van der Waals surface area contributed by atoms with Crippen molar-refractivity contribution in [2.45, 2.75) is 24.9 Å². The second-order valence-electron chi connectivity index (χ2n) is 2.67. The lowest BCUT2D eigenvalue weighted by Crippen LogP contribution is -2.37. The van der Waals surface area contributed by atoms with Gasteiger partial charge in [0.25, 0.3) is 0 Å². The van der Waals surface area contributed by atoms with Crippen LogP contribution in [0.1, 0.15) is 12.8 Å². The van der Waals surface area contributed by atoms with Crippen LogP contribution in [0.5, 0.6) is 0 Å². The van der Waals surface area contributed by atoms with Crippen LogP contribution in [-0.2, 0) is 9.53 Å². The molecule has 0 spiro atoms. The Labute approximate surface area is 64.9 Å². The molecule has 0 aliphatic carbocycles. The highest BCUT2D eigenvalue weighted by molar-refractivity contribution is 5.76. The molecule has 1 aliphatic rings. The van der Waals surface area contributed by atoms with E-state index in [1.165, 1.54) is 7.11 Å². The molecule has 0 amide bonds. The third-order valence-electron chi connectivity index (χ3n) is 1.91. The van der Waals surface area contributed by atoms with Gasteiger partial charge in [0.15, 0.2) is 0 Å². The van der Waals surface area contributed by atoms with Crippen LogP contribution in [0.4, 0.5) is 4.39 Å². The van der Waals surface area contributed by atoms with Gasteiger partial charge in [0.1, 0.15) is 12.7 Å². The monoisotopic (exact) mass is 161 g/mol. The lowest BCUT2D eigenvalue weighted by atomic mass is 10.2. The van der Waals surface area contributed by atoms with Crippen molar-refractivity contribution in [1.82, 2.24) is 5.32 Å². The first-order valence-electron chi connectivity index (χ1n) is 3.67. The normalized spacial score (nSPS) is 30.4. The van der Waals surface area contributed by atoms with E-state index in [0.717, 1.165) is 6.42 Å². The molecule has 1 rings (SSSR count). The van der Waals surface area contributed by atoms with Crippen LogP contribution in [0, 0.1) is 0 Å². The van der Waals surface area contributed by atoms with Crippen LogP contribution >= 0.6 is 0 Å². The molecule has 0 saturated carbocycles. The van der Waals surface area contributed by atoms with Crippen LogP contribution < -0.4 is 5.32 Å². The number of nitrogens with one attached hydrogen (secondary N) is 1. The zero-order valence-corrected chi connectivity index (χ0v) is 6.47. The zero-order valence-electron chi connectivity index (χ0n) is 6.47. The van der Waals surface area contributed by atoms with Crippen molar-refractivity contribution >= 4 is 5.97 Å². The maximum Gasteiger partial charge on any atom is 0.322 e. The predicted molar refractivity (Wildman–Crippen MR) is 37.9 cm³/mol. The Kier molecular flexibility index (Phi) is 2.82. The quantitative estimate of drug-likeness (QED) is 0.590. The smallest absolute Gasteiger partial charge is 0.322 e. The second-order valence-corrected chi connectivity index (χ2v) is 2.67. The summed E-state index contributed by atoms with van der Waals surface area (Å²) in [6.07, 6.45) is 1.40. The molecule has 0 radical (unpaired) electrons. The van der Waals surface area contributed by atoms with Gasteiger partial charge in [0.05, 0.1) is 7.11 Å². The van der Waals surface area contributed by atoms with E-state index in [9.17, 15) is 9.18 Å². The summed E-state index contributed by atoms with van der Waals surface area (Å²) in [5.41, 5.74) is 0. The molecule has 11 heavy (non-hydrogen) atoms. The fraction of sp³-hybridized carbons (Fsp3) is 0.857. The van der Waals surface area contributed by atoms with E-state index in [1.807, 2.05) is 0 Å². The molecule has 0 bridgehead atoms. The molecule has 1 N–H and O–H groups in total. The minimum atomic E-state index is -0.409. The van der Waals surface area contributed by atoms with Crippen molar-refractivity contribution in [3.8, 4) is 0 Å². The predicted octanol–water partition coefficient (Wildman–Crippen LogP) is 0.249. The van der Waals surface area contributed by atoms with E-state index < -0.39 is 6.67 Å². The SMILES string of the molecule is COC(=O)C1CCC(CF)N1. The number of halogens is 1. The van der Waals surface area contributed by atoms with Crippen molar-refractivity contribution < 1.29 is 13.9 Å². The standard InChI is InChI=1S/C7H12FNO2/c1-11-7(10)6-3-2-5(4-8)9-6/h5-6,9H,2-4H2,1H3. The molecule has 2 atom stereocenters. The van der Waals surface area contributed by atoms with E-state index in [1.54, 1.807) is 0 Å². The highest BCUT2D eigenvalue weighted by Crippen LogP contribution is 2.13. The van der Waals surface area contributed by atoms with Gasteiger partial charge in [0.2, 0.25) is 0 Å². The number of esters is 1. The van der Waals surface area contributed by atoms with Crippen LogP contribution in [-0.4, -0.2) is 31.8 Å². The van der Waals surface area contributed by atoms with E-state index in [-0.39, 0.29) is 18.1 Å². The van der Waals surface area contributed by atoms with Crippen LogP contribution in [0.15, 0.2) is 0 Å². The number of carbonyl (C=O) groups excluding carboxylic acids is 1. The van der Waals surface area contributed by atoms with E-state index in [4.69, 9.17) is 0 Å². The van der Waals surface area contributed by atoms with Crippen LogP contribution in [0.2, 0.25) is 0 Å². The Morgan fingerprint density at radius 1 is 1.73 bits per heavy atom. The Balaban J connectivity index is 2.35. The number of alkyl halides is 1. The van der Waals surface area contributed by atoms with Gasteiger partial charge in [-0.1, -0.05) is 0 Å². The largest absolute Gasteiger partial charge is 0.468 e. The highest BCUT2D eigenvalue weighted by Gasteiger charge is 2.29. The lowest BCUT2D eigenvalue weighted by Gasteiger charge is -2.08. The minimum Gasteiger partial charge on any atom is -0.468 e. The molecule has 3 nitrogen and oxygen atoms in total. The maximum atomic E-state index is 12.0. The zero-order chi connectivity index (χ0) is 8.27. The minimum absolute atomic E-state index is 0.154. The van der Waals surface area contributed by atoms with Gasteiger partial charge < -0.3 is 4.74 Å². The Bertz CT molecular complexity index is 151. The number of ether oxygens (including phenoxy) is 1. The Morgan fingerprint density at radius 2 is 2.45 bits per heavy atom. The van der Waals surface area contributed by atoms with Crippen molar-refractivity contribution in [2.75, 3.05) is 13.8 Å². The summed E-state index contributed by atoms with van der Waals surface area (Å²) >= 11 is 0. The third-order valence-corrected chi connectivity index (χ3v) is 1.91. The summed E-state index contributed by atoms with van der Waals surface area (Å²) in [5, 5.41) is 2.84. The van der Waals surface area contributed by atoms with Gasteiger partial charge in [-0.05, 0) is 12.8 Å². The number of rotatable bonds is 2. The lowest BCUT2D eigenvalue weighted by molar-refractivity contribution is -0.142. The van der Waals surface area contributed by atoms with Crippen molar-refractivity contribution in [1.29, 1.82) is 0 Å². The Morgan fingerprint density at radius 3 is 2.91 bits per heavy atom. The van der Waals surface area contributed by atoms with Gasteiger partial charge in [-0.2, -0.15) is 0 Å². The second kappa shape index (κ2) is 3.67. The van der Waals surface area contributed by atoms with Gasteiger partial charge >= 0.3 is 5.97 Å². The molecular weight excluding hydrogens is 149 g/mol. The van der Waals surface area contributed by atoms with Crippen LogP contribution in [0.25, 0.3) is 0 Å². The summed E-state index contributed by atoms with van der Waals surface area (Å²) < 4.78 is 16.5. The molecule has 64 valence electrons. The fourth-order valence-electron chi connectivity index (χ4n) is 1.27. The van der Waals surface area contributed by atoms with Crippen LogP contribution in [0.3, 0.4) is 0 Å². The first kappa shape index (κ1) is 8.46. The first-order chi connectivity index (χ1) is 5.27. The molecule has 0 aromatic rings. The molecule has 1 aliphatic heterocycles. The number of hydrogen-bond acceptors (Lipinski definition) is 3. The summed E-state index contributed by atoms with van der Waals surface area (Å²) in [6.45, 7) is -0.409. The van der Waals surface area contributed by atoms with Gasteiger partial charge in [0, 0.05) is 6.04 Å².